The van der Waals surface area contributed by atoms with E-state index in [0.717, 1.165) is 25.7 Å². The molecule has 1 aliphatic carbocycles. The van der Waals surface area contributed by atoms with Gasteiger partial charge >= 0.3 is 0 Å². The Morgan fingerprint density at radius 1 is 1.50 bits per heavy atom. The molecule has 0 bridgehead atoms. The molecule has 0 unspecified atom stereocenters. The Hall–Kier alpha value is -1.39. The molecule has 1 aliphatic rings. The molecule has 0 amide bonds. The third kappa shape index (κ3) is 1.49. The van der Waals surface area contributed by atoms with E-state index in [1.807, 2.05) is 0 Å². The van der Waals surface area contributed by atoms with E-state index in [0.29, 0.717) is 12.4 Å². The SMILES string of the molecule is N=C(N)C1(Cn2cncn2)CCCC1. The first kappa shape index (κ1) is 9.18. The van der Waals surface area contributed by atoms with Crippen LogP contribution in [0.4, 0.5) is 0 Å². The van der Waals surface area contributed by atoms with Crippen LogP contribution in [0.25, 0.3) is 0 Å². The Labute approximate surface area is 82.8 Å². The van der Waals surface area contributed by atoms with Gasteiger partial charge in [0.25, 0.3) is 0 Å². The van der Waals surface area contributed by atoms with E-state index in [4.69, 9.17) is 11.1 Å². The molecular weight excluding hydrogens is 178 g/mol. The van der Waals surface area contributed by atoms with E-state index < -0.39 is 0 Å². The molecule has 0 radical (unpaired) electrons. The van der Waals surface area contributed by atoms with Crippen molar-refractivity contribution in [3.63, 3.8) is 0 Å². The topological polar surface area (TPSA) is 80.6 Å². The Bertz CT molecular complexity index is 310. The van der Waals surface area contributed by atoms with Gasteiger partial charge in [-0.2, -0.15) is 5.10 Å². The van der Waals surface area contributed by atoms with Gasteiger partial charge in [0.15, 0.2) is 0 Å². The highest BCUT2D eigenvalue weighted by molar-refractivity contribution is 5.83. The third-order valence-corrected chi connectivity index (χ3v) is 3.06. The molecule has 0 saturated heterocycles. The van der Waals surface area contributed by atoms with Gasteiger partial charge in [-0.3, -0.25) is 10.1 Å². The van der Waals surface area contributed by atoms with Crippen molar-refractivity contribution in [2.75, 3.05) is 0 Å². The average molecular weight is 193 g/mol. The van der Waals surface area contributed by atoms with Crippen LogP contribution < -0.4 is 5.73 Å². The first-order valence-corrected chi connectivity index (χ1v) is 4.90. The molecule has 1 heterocycles. The fourth-order valence-electron chi connectivity index (χ4n) is 2.19. The summed E-state index contributed by atoms with van der Waals surface area (Å²) in [5.41, 5.74) is 5.51. The molecule has 1 aromatic heterocycles. The van der Waals surface area contributed by atoms with Gasteiger partial charge in [-0.05, 0) is 12.8 Å². The first-order chi connectivity index (χ1) is 6.73. The third-order valence-electron chi connectivity index (χ3n) is 3.06. The van der Waals surface area contributed by atoms with E-state index in [2.05, 4.69) is 10.1 Å². The molecule has 0 aliphatic heterocycles. The van der Waals surface area contributed by atoms with Crippen LogP contribution in [-0.2, 0) is 6.54 Å². The van der Waals surface area contributed by atoms with Crippen molar-refractivity contribution in [1.29, 1.82) is 5.41 Å². The molecule has 0 atom stereocenters. The minimum Gasteiger partial charge on any atom is -0.387 e. The van der Waals surface area contributed by atoms with Crippen molar-refractivity contribution in [3.8, 4) is 0 Å². The largest absolute Gasteiger partial charge is 0.387 e. The van der Waals surface area contributed by atoms with Crippen molar-refractivity contribution < 1.29 is 0 Å². The molecule has 1 aromatic rings. The Morgan fingerprint density at radius 3 is 2.71 bits per heavy atom. The highest BCUT2D eigenvalue weighted by Crippen LogP contribution is 2.39. The standard InChI is InChI=1S/C9H15N5/c10-8(11)9(3-1-2-4-9)5-14-7-12-6-13-14/h6-7H,1-5H2,(H3,10,11). The summed E-state index contributed by atoms with van der Waals surface area (Å²) in [6, 6.07) is 0. The van der Waals surface area contributed by atoms with Crippen molar-refractivity contribution in [2.45, 2.75) is 32.2 Å². The van der Waals surface area contributed by atoms with Gasteiger partial charge in [0.1, 0.15) is 12.7 Å². The monoisotopic (exact) mass is 193 g/mol. The summed E-state index contributed by atoms with van der Waals surface area (Å²) in [6.07, 6.45) is 7.53. The summed E-state index contributed by atoms with van der Waals surface area (Å²) < 4.78 is 1.77. The quantitative estimate of drug-likeness (QED) is 0.549. The maximum absolute atomic E-state index is 7.66. The predicted octanol–water partition coefficient (Wildman–Crippen LogP) is 0.774. The second-order valence-corrected chi connectivity index (χ2v) is 3.99. The molecule has 0 spiro atoms. The van der Waals surface area contributed by atoms with E-state index >= 15 is 0 Å². The molecule has 0 aromatic carbocycles. The lowest BCUT2D eigenvalue weighted by molar-refractivity contribution is 0.340. The van der Waals surface area contributed by atoms with Crippen LogP contribution in [0.2, 0.25) is 0 Å². The van der Waals surface area contributed by atoms with E-state index in [9.17, 15) is 0 Å². The molecule has 1 saturated carbocycles. The molecule has 14 heavy (non-hydrogen) atoms. The minimum atomic E-state index is -0.159. The smallest absolute Gasteiger partial charge is 0.137 e. The van der Waals surface area contributed by atoms with Gasteiger partial charge in [-0.15, -0.1) is 0 Å². The zero-order chi connectivity index (χ0) is 10.0. The molecular formula is C9H15N5. The number of hydrogen-bond donors (Lipinski definition) is 2. The molecule has 2 rings (SSSR count). The van der Waals surface area contributed by atoms with Crippen molar-refractivity contribution in [2.24, 2.45) is 11.1 Å². The zero-order valence-corrected chi connectivity index (χ0v) is 8.11. The highest BCUT2D eigenvalue weighted by Gasteiger charge is 2.37. The first-order valence-electron chi connectivity index (χ1n) is 4.90. The number of nitrogens with two attached hydrogens (primary N) is 1. The highest BCUT2D eigenvalue weighted by atomic mass is 15.3. The van der Waals surface area contributed by atoms with E-state index in [1.165, 1.54) is 6.33 Å². The number of amidine groups is 1. The van der Waals surface area contributed by atoms with Crippen LogP contribution in [0.3, 0.4) is 0 Å². The Kier molecular flexibility index (Phi) is 2.23. The number of hydrogen-bond acceptors (Lipinski definition) is 3. The van der Waals surface area contributed by atoms with Crippen LogP contribution >= 0.6 is 0 Å². The summed E-state index contributed by atoms with van der Waals surface area (Å²) in [7, 11) is 0. The van der Waals surface area contributed by atoms with Crippen LogP contribution in [-0.4, -0.2) is 20.6 Å². The fraction of sp³-hybridized carbons (Fsp3) is 0.667. The Morgan fingerprint density at radius 2 is 2.21 bits per heavy atom. The summed E-state index contributed by atoms with van der Waals surface area (Å²) in [6.45, 7) is 0.697. The van der Waals surface area contributed by atoms with Crippen LogP contribution in [0, 0.1) is 10.8 Å². The molecule has 5 heteroatoms. The lowest BCUT2D eigenvalue weighted by Crippen LogP contribution is -2.38. The number of nitrogens with one attached hydrogen (secondary N) is 1. The van der Waals surface area contributed by atoms with Gasteiger partial charge in [0, 0.05) is 5.41 Å². The maximum Gasteiger partial charge on any atom is 0.137 e. The molecule has 5 nitrogen and oxygen atoms in total. The Balaban J connectivity index is 2.16. The number of nitrogens with zero attached hydrogens (tertiary/aromatic N) is 3. The van der Waals surface area contributed by atoms with E-state index in [1.54, 1.807) is 11.0 Å². The second kappa shape index (κ2) is 3.40. The van der Waals surface area contributed by atoms with E-state index in [-0.39, 0.29) is 5.41 Å². The van der Waals surface area contributed by atoms with Gasteiger partial charge < -0.3 is 5.73 Å². The summed E-state index contributed by atoms with van der Waals surface area (Å²) in [5, 5.41) is 11.7. The average Bonchev–Trinajstić information content (AvgIpc) is 2.76. The van der Waals surface area contributed by atoms with Crippen molar-refractivity contribution in [1.82, 2.24) is 14.8 Å². The minimum absolute atomic E-state index is 0.159. The van der Waals surface area contributed by atoms with Crippen molar-refractivity contribution in [3.05, 3.63) is 12.7 Å². The van der Waals surface area contributed by atoms with Crippen LogP contribution in [0.5, 0.6) is 0 Å². The molecule has 3 N–H and O–H groups in total. The number of aromatic nitrogens is 3. The van der Waals surface area contributed by atoms with Crippen molar-refractivity contribution >= 4 is 5.84 Å². The predicted molar refractivity (Wildman–Crippen MR) is 52.8 cm³/mol. The lowest BCUT2D eigenvalue weighted by atomic mass is 9.85. The molecule has 1 fully saturated rings. The summed E-state index contributed by atoms with van der Waals surface area (Å²) >= 11 is 0. The fourth-order valence-corrected chi connectivity index (χ4v) is 2.19. The lowest BCUT2D eigenvalue weighted by Gasteiger charge is -2.26. The zero-order valence-electron chi connectivity index (χ0n) is 8.11. The molecule has 76 valence electrons. The van der Waals surface area contributed by atoms with Gasteiger partial charge in [-0.1, -0.05) is 12.8 Å². The van der Waals surface area contributed by atoms with Crippen LogP contribution in [0.1, 0.15) is 25.7 Å². The normalized spacial score (nSPS) is 19.7. The number of rotatable bonds is 3. The second-order valence-electron chi connectivity index (χ2n) is 3.99. The summed E-state index contributed by atoms with van der Waals surface area (Å²) in [4.78, 5) is 3.90. The maximum atomic E-state index is 7.66. The van der Waals surface area contributed by atoms with Gasteiger partial charge in [0.05, 0.1) is 12.4 Å². The summed E-state index contributed by atoms with van der Waals surface area (Å²) in [5.74, 6) is 0.297. The van der Waals surface area contributed by atoms with Crippen LogP contribution in [0.15, 0.2) is 12.7 Å². The van der Waals surface area contributed by atoms with Gasteiger partial charge in [-0.25, -0.2) is 4.98 Å². The van der Waals surface area contributed by atoms with Gasteiger partial charge in [0.2, 0.25) is 0 Å².